The van der Waals surface area contributed by atoms with Gasteiger partial charge in [-0.3, -0.25) is 0 Å². The highest BCUT2D eigenvalue weighted by Gasteiger charge is 2.15. The van der Waals surface area contributed by atoms with Gasteiger partial charge in [-0.1, -0.05) is 36.4 Å². The van der Waals surface area contributed by atoms with Gasteiger partial charge < -0.3 is 0 Å². The maximum atomic E-state index is 14.4. The van der Waals surface area contributed by atoms with Gasteiger partial charge in [-0.15, -0.1) is 0 Å². The summed E-state index contributed by atoms with van der Waals surface area (Å²) in [5.41, 5.74) is 0.883. The van der Waals surface area contributed by atoms with Crippen molar-refractivity contribution in [3.05, 3.63) is 89.3 Å². The highest BCUT2D eigenvalue weighted by atomic mass is 19.2. The monoisotopic (exact) mass is 360 g/mol. The van der Waals surface area contributed by atoms with Crippen LogP contribution in [0, 0.1) is 29.1 Å². The smallest absolute Gasteiger partial charge is 0.194 e. The summed E-state index contributed by atoms with van der Waals surface area (Å²) >= 11 is 0. The predicted molar refractivity (Wildman–Crippen MR) is 91.8 cm³/mol. The first kappa shape index (κ1) is 17.9. The number of hydrogen-bond donors (Lipinski definition) is 0. The second-order valence-electron chi connectivity index (χ2n) is 5.69. The molecule has 3 aromatic rings. The SMILES string of the molecule is CC=Cc1ccc(-c2ccc(-c3cc(F)c(F)c(F)c3)c(F)c2)c(F)c1. The van der Waals surface area contributed by atoms with Crippen LogP contribution >= 0.6 is 0 Å². The van der Waals surface area contributed by atoms with Crippen LogP contribution in [0.15, 0.2) is 54.6 Å². The third-order valence-corrected chi connectivity index (χ3v) is 3.93. The van der Waals surface area contributed by atoms with E-state index in [1.54, 1.807) is 25.1 Å². The highest BCUT2D eigenvalue weighted by Crippen LogP contribution is 2.31. The molecule has 3 aromatic carbocycles. The van der Waals surface area contributed by atoms with Gasteiger partial charge in [-0.2, -0.15) is 0 Å². The molecule has 5 heteroatoms. The topological polar surface area (TPSA) is 0 Å². The van der Waals surface area contributed by atoms with Crippen molar-refractivity contribution in [3.8, 4) is 22.3 Å². The fourth-order valence-electron chi connectivity index (χ4n) is 2.69. The van der Waals surface area contributed by atoms with Gasteiger partial charge in [0.1, 0.15) is 11.6 Å². The number of benzene rings is 3. The highest BCUT2D eigenvalue weighted by molar-refractivity contribution is 5.72. The van der Waals surface area contributed by atoms with Crippen molar-refractivity contribution in [1.29, 1.82) is 0 Å². The summed E-state index contributed by atoms with van der Waals surface area (Å²) in [6.45, 7) is 1.81. The van der Waals surface area contributed by atoms with Crippen molar-refractivity contribution < 1.29 is 22.0 Å². The summed E-state index contributed by atoms with van der Waals surface area (Å²) in [6.07, 6.45) is 3.50. The molecule has 3 rings (SSSR count). The Balaban J connectivity index is 2.03. The van der Waals surface area contributed by atoms with E-state index in [1.165, 1.54) is 24.3 Å². The molecule has 0 aliphatic heterocycles. The van der Waals surface area contributed by atoms with Crippen molar-refractivity contribution in [2.45, 2.75) is 6.92 Å². The first-order valence-electron chi connectivity index (χ1n) is 7.78. The molecule has 26 heavy (non-hydrogen) atoms. The summed E-state index contributed by atoms with van der Waals surface area (Å²) in [6, 6.07) is 9.74. The minimum absolute atomic E-state index is 0.113. The molecule has 0 radical (unpaired) electrons. The Morgan fingerprint density at radius 3 is 1.73 bits per heavy atom. The van der Waals surface area contributed by atoms with Crippen LogP contribution in [-0.4, -0.2) is 0 Å². The first-order valence-corrected chi connectivity index (χ1v) is 7.78. The summed E-state index contributed by atoms with van der Waals surface area (Å²) in [5, 5.41) is 0. The lowest BCUT2D eigenvalue weighted by molar-refractivity contribution is 0.447. The number of hydrogen-bond acceptors (Lipinski definition) is 0. The Labute approximate surface area is 147 Å². The van der Waals surface area contributed by atoms with E-state index in [9.17, 15) is 22.0 Å². The summed E-state index contributed by atoms with van der Waals surface area (Å²) in [7, 11) is 0. The molecule has 0 saturated carbocycles. The second kappa shape index (κ2) is 7.12. The largest absolute Gasteiger partial charge is 0.206 e. The van der Waals surface area contributed by atoms with E-state index in [2.05, 4.69) is 0 Å². The fourth-order valence-corrected chi connectivity index (χ4v) is 2.69. The van der Waals surface area contributed by atoms with Gasteiger partial charge in [0.15, 0.2) is 17.5 Å². The van der Waals surface area contributed by atoms with E-state index in [0.717, 1.165) is 6.07 Å². The molecule has 0 aromatic heterocycles. The van der Waals surface area contributed by atoms with E-state index in [1.807, 2.05) is 0 Å². The van der Waals surface area contributed by atoms with Crippen LogP contribution in [0.2, 0.25) is 0 Å². The summed E-state index contributed by atoms with van der Waals surface area (Å²) in [4.78, 5) is 0. The van der Waals surface area contributed by atoms with Crippen LogP contribution in [0.3, 0.4) is 0 Å². The van der Waals surface area contributed by atoms with Gasteiger partial charge >= 0.3 is 0 Å². The van der Waals surface area contributed by atoms with E-state index in [-0.39, 0.29) is 22.3 Å². The van der Waals surface area contributed by atoms with Gasteiger partial charge in [0.05, 0.1) is 0 Å². The number of halogens is 5. The molecule has 0 unspecified atom stereocenters. The van der Waals surface area contributed by atoms with E-state index in [0.29, 0.717) is 17.7 Å². The zero-order valence-corrected chi connectivity index (χ0v) is 13.7. The van der Waals surface area contributed by atoms with Crippen molar-refractivity contribution in [3.63, 3.8) is 0 Å². The molecule has 0 atom stereocenters. The van der Waals surface area contributed by atoms with Crippen molar-refractivity contribution in [1.82, 2.24) is 0 Å². The minimum atomic E-state index is -1.62. The molecule has 0 aliphatic carbocycles. The zero-order chi connectivity index (χ0) is 18.8. The van der Waals surface area contributed by atoms with Crippen molar-refractivity contribution in [2.24, 2.45) is 0 Å². The van der Waals surface area contributed by atoms with Gasteiger partial charge in [-0.25, -0.2) is 22.0 Å². The van der Waals surface area contributed by atoms with Crippen LogP contribution in [0.25, 0.3) is 28.3 Å². The molecular formula is C21H13F5. The fraction of sp³-hybridized carbons (Fsp3) is 0.0476. The molecule has 0 saturated heterocycles. The molecular weight excluding hydrogens is 347 g/mol. The quantitative estimate of drug-likeness (QED) is 0.358. The molecule has 0 amide bonds. The lowest BCUT2D eigenvalue weighted by Crippen LogP contribution is -1.94. The first-order chi connectivity index (χ1) is 12.4. The Morgan fingerprint density at radius 2 is 1.15 bits per heavy atom. The maximum Gasteiger partial charge on any atom is 0.194 e. The minimum Gasteiger partial charge on any atom is -0.206 e. The van der Waals surface area contributed by atoms with E-state index >= 15 is 0 Å². The zero-order valence-electron chi connectivity index (χ0n) is 13.7. The number of rotatable bonds is 3. The lowest BCUT2D eigenvalue weighted by Gasteiger charge is -2.09. The molecule has 132 valence electrons. The van der Waals surface area contributed by atoms with Gasteiger partial charge in [0, 0.05) is 11.1 Å². The van der Waals surface area contributed by atoms with E-state index in [4.69, 9.17) is 0 Å². The maximum absolute atomic E-state index is 14.4. The predicted octanol–water partition coefficient (Wildman–Crippen LogP) is 6.75. The van der Waals surface area contributed by atoms with Crippen molar-refractivity contribution in [2.75, 3.05) is 0 Å². The number of allylic oxidation sites excluding steroid dienone is 1. The summed E-state index contributed by atoms with van der Waals surface area (Å²) < 4.78 is 68.5. The molecule has 0 bridgehead atoms. The third kappa shape index (κ3) is 3.38. The normalized spacial score (nSPS) is 11.3. The Hall–Kier alpha value is -2.95. The van der Waals surface area contributed by atoms with Crippen LogP contribution in [-0.2, 0) is 0 Å². The third-order valence-electron chi connectivity index (χ3n) is 3.93. The van der Waals surface area contributed by atoms with Crippen LogP contribution in [0.1, 0.15) is 12.5 Å². The van der Waals surface area contributed by atoms with Gasteiger partial charge in [0.25, 0.3) is 0 Å². The van der Waals surface area contributed by atoms with E-state index < -0.39 is 29.1 Å². The average molecular weight is 360 g/mol. The van der Waals surface area contributed by atoms with Crippen LogP contribution in [0.5, 0.6) is 0 Å². The molecule has 0 aliphatic rings. The van der Waals surface area contributed by atoms with Gasteiger partial charge in [0.2, 0.25) is 0 Å². The van der Waals surface area contributed by atoms with Crippen molar-refractivity contribution >= 4 is 6.08 Å². The molecule has 0 nitrogen and oxygen atoms in total. The Morgan fingerprint density at radius 1 is 0.615 bits per heavy atom. The van der Waals surface area contributed by atoms with Crippen LogP contribution < -0.4 is 0 Å². The van der Waals surface area contributed by atoms with Gasteiger partial charge in [-0.05, 0) is 47.9 Å². The second-order valence-corrected chi connectivity index (χ2v) is 5.69. The molecule has 0 fully saturated rings. The molecule has 0 N–H and O–H groups in total. The molecule has 0 heterocycles. The standard InChI is InChI=1S/C21H13F5/c1-2-3-12-4-6-15(17(22)8-12)13-5-7-16(18(23)9-13)14-10-19(24)21(26)20(25)11-14/h2-11H,1H3. The molecule has 0 spiro atoms. The summed E-state index contributed by atoms with van der Waals surface area (Å²) in [5.74, 6) is -5.76. The van der Waals surface area contributed by atoms with Crippen LogP contribution in [0.4, 0.5) is 22.0 Å². The Bertz CT molecular complexity index is 982. The lowest BCUT2D eigenvalue weighted by atomic mass is 9.98. The average Bonchev–Trinajstić information content (AvgIpc) is 2.59. The Kier molecular flexibility index (Phi) is 4.89.